The van der Waals surface area contributed by atoms with E-state index in [-0.39, 0.29) is 35.7 Å². The molecule has 2 atom stereocenters. The van der Waals surface area contributed by atoms with E-state index in [9.17, 15) is 18.8 Å². The van der Waals surface area contributed by atoms with E-state index in [2.05, 4.69) is 27.5 Å². The zero-order chi connectivity index (χ0) is 25.0. The van der Waals surface area contributed by atoms with Gasteiger partial charge in [-0.1, -0.05) is 12.1 Å². The number of benzene rings is 1. The van der Waals surface area contributed by atoms with Crippen LogP contribution in [0.15, 0.2) is 36.5 Å². The van der Waals surface area contributed by atoms with Crippen LogP contribution in [0.4, 0.5) is 4.39 Å². The third-order valence-electron chi connectivity index (χ3n) is 6.13. The molecule has 4 rings (SSSR count). The molecule has 1 aliphatic heterocycles. The minimum atomic E-state index is -0.656. The summed E-state index contributed by atoms with van der Waals surface area (Å²) in [4.78, 5) is 47.8. The lowest BCUT2D eigenvalue weighted by atomic mass is 10.0. The number of Topliss-reactive ketones (excluding diaryl/α,β-unsaturated/α-hetero) is 1. The van der Waals surface area contributed by atoms with Gasteiger partial charge in [-0.2, -0.15) is 0 Å². The molecule has 34 heavy (non-hydrogen) atoms. The lowest BCUT2D eigenvalue weighted by Gasteiger charge is -2.44. The van der Waals surface area contributed by atoms with Crippen LogP contribution in [0.3, 0.4) is 0 Å². The number of nitrogens with one attached hydrogen (secondary N) is 1. The zero-order valence-electron chi connectivity index (χ0n) is 19.8. The van der Waals surface area contributed by atoms with E-state index >= 15 is 0 Å². The summed E-state index contributed by atoms with van der Waals surface area (Å²) in [5.41, 5.74) is 7.18. The van der Waals surface area contributed by atoms with Crippen molar-refractivity contribution in [2.45, 2.75) is 39.4 Å². The van der Waals surface area contributed by atoms with E-state index in [0.717, 1.165) is 5.56 Å². The predicted molar refractivity (Wildman–Crippen MR) is 128 cm³/mol. The van der Waals surface area contributed by atoms with Gasteiger partial charge in [0.15, 0.2) is 6.29 Å². The number of hydrogen-bond acceptors (Lipinski definition) is 6. The Morgan fingerprint density at radius 1 is 1.15 bits per heavy atom. The van der Waals surface area contributed by atoms with Gasteiger partial charge in [0.05, 0.1) is 16.8 Å². The zero-order valence-corrected chi connectivity index (χ0v) is 19.8. The maximum absolute atomic E-state index is 13.5. The number of carbonyl (C=O) groups excluding carboxylic acids is 3. The molecule has 3 aromatic rings. The number of carbonyl (C=O) groups is 3. The highest BCUT2D eigenvalue weighted by molar-refractivity contribution is 6.36. The molecule has 2 aromatic heterocycles. The molecule has 1 aliphatic rings. The first-order chi connectivity index (χ1) is 16.3. The van der Waals surface area contributed by atoms with E-state index in [4.69, 9.17) is 0 Å². The maximum atomic E-state index is 13.5. The van der Waals surface area contributed by atoms with Crippen molar-refractivity contribution in [3.8, 4) is 0 Å². The number of piperazine rings is 1. The van der Waals surface area contributed by atoms with Crippen molar-refractivity contribution in [2.24, 2.45) is 5.73 Å². The van der Waals surface area contributed by atoms with Crippen LogP contribution in [0.25, 0.3) is 11.0 Å². The van der Waals surface area contributed by atoms with Gasteiger partial charge in [0, 0.05) is 43.3 Å². The van der Waals surface area contributed by atoms with E-state index < -0.39 is 5.78 Å². The van der Waals surface area contributed by atoms with Crippen molar-refractivity contribution in [3.63, 3.8) is 0 Å². The SMILES string of the molecule is CN.Cc1nc2[nH]cc(C(=O)C=O)c2cc1C(=O)N1C[C@H](C)N(Cc2ccc(F)cc2)CC1C. The number of H-pyrrole nitrogens is 1. The van der Waals surface area contributed by atoms with Crippen molar-refractivity contribution in [1.29, 1.82) is 0 Å². The number of nitrogens with two attached hydrogens (primary N) is 1. The highest BCUT2D eigenvalue weighted by atomic mass is 19.1. The second kappa shape index (κ2) is 10.7. The number of aryl methyl sites for hydroxylation is 1. The molecule has 0 aliphatic carbocycles. The van der Waals surface area contributed by atoms with Gasteiger partial charge in [-0.3, -0.25) is 19.3 Å². The first kappa shape index (κ1) is 25.2. The number of rotatable bonds is 5. The van der Waals surface area contributed by atoms with Gasteiger partial charge in [0.1, 0.15) is 11.5 Å². The predicted octanol–water partition coefficient (Wildman–Crippen LogP) is 2.70. The maximum Gasteiger partial charge on any atom is 0.256 e. The summed E-state index contributed by atoms with van der Waals surface area (Å²) in [6.45, 7) is 7.72. The van der Waals surface area contributed by atoms with Gasteiger partial charge in [-0.15, -0.1) is 0 Å². The van der Waals surface area contributed by atoms with Crippen molar-refractivity contribution in [3.05, 3.63) is 64.7 Å². The van der Waals surface area contributed by atoms with Gasteiger partial charge in [-0.05, 0) is 51.6 Å². The largest absolute Gasteiger partial charge is 0.345 e. The Morgan fingerprint density at radius 3 is 2.47 bits per heavy atom. The van der Waals surface area contributed by atoms with Crippen LogP contribution in [-0.4, -0.2) is 70.0 Å². The molecule has 9 heteroatoms. The summed E-state index contributed by atoms with van der Waals surface area (Å²) in [7, 11) is 1.50. The summed E-state index contributed by atoms with van der Waals surface area (Å²) in [6.07, 6.45) is 1.70. The van der Waals surface area contributed by atoms with E-state index in [1.165, 1.54) is 25.4 Å². The monoisotopic (exact) mass is 467 g/mol. The minimum absolute atomic E-state index is 0.0449. The van der Waals surface area contributed by atoms with Crippen LogP contribution >= 0.6 is 0 Å². The molecule has 0 spiro atoms. The summed E-state index contributed by atoms with van der Waals surface area (Å²) in [5, 5.41) is 0.465. The van der Waals surface area contributed by atoms with Gasteiger partial charge in [0.25, 0.3) is 5.91 Å². The average Bonchev–Trinajstić information content (AvgIpc) is 3.25. The molecule has 0 bridgehead atoms. The third kappa shape index (κ3) is 5.05. The number of fused-ring (bicyclic) bond motifs is 1. The van der Waals surface area contributed by atoms with Gasteiger partial charge < -0.3 is 15.6 Å². The minimum Gasteiger partial charge on any atom is -0.345 e. The molecule has 180 valence electrons. The van der Waals surface area contributed by atoms with Crippen molar-refractivity contribution < 1.29 is 18.8 Å². The summed E-state index contributed by atoms with van der Waals surface area (Å²) < 4.78 is 13.2. The number of hydrogen-bond donors (Lipinski definition) is 2. The topological polar surface area (TPSA) is 112 Å². The molecular formula is C25H30FN5O3. The molecule has 1 fully saturated rings. The van der Waals surface area contributed by atoms with Crippen LogP contribution in [0.2, 0.25) is 0 Å². The van der Waals surface area contributed by atoms with Crippen LogP contribution in [0, 0.1) is 12.7 Å². The number of nitrogens with zero attached hydrogens (tertiary/aromatic N) is 3. The highest BCUT2D eigenvalue weighted by Crippen LogP contribution is 2.25. The second-order valence-electron chi connectivity index (χ2n) is 8.41. The first-order valence-corrected chi connectivity index (χ1v) is 11.1. The molecule has 1 saturated heterocycles. The van der Waals surface area contributed by atoms with Crippen LogP contribution in [0.1, 0.15) is 45.8 Å². The average molecular weight is 468 g/mol. The standard InChI is InChI=1S/C24H25FN4O3.CH5N/c1-14-11-29(15(2)10-28(14)12-17-4-6-18(25)7-5-17)24(32)19-8-20-21(22(31)13-30)9-26-23(20)27-16(19)3;1-2/h4-9,13-15H,10-12H2,1-3H3,(H,26,27);2H2,1H3/t14-,15?;/m0./s1. The lowest BCUT2D eigenvalue weighted by molar-refractivity contribution is -0.104. The number of aldehydes is 1. The van der Waals surface area contributed by atoms with E-state index in [1.807, 2.05) is 11.8 Å². The summed E-state index contributed by atoms with van der Waals surface area (Å²) >= 11 is 0. The molecule has 3 N–H and O–H groups in total. The number of amides is 1. The third-order valence-corrected chi connectivity index (χ3v) is 6.13. The fourth-order valence-electron chi connectivity index (χ4n) is 4.30. The number of aromatic amines is 1. The van der Waals surface area contributed by atoms with Crippen molar-refractivity contribution in [1.82, 2.24) is 19.8 Å². The molecule has 0 radical (unpaired) electrons. The Kier molecular flexibility index (Phi) is 7.90. The van der Waals surface area contributed by atoms with Crippen molar-refractivity contribution in [2.75, 3.05) is 20.1 Å². The first-order valence-electron chi connectivity index (χ1n) is 11.1. The Hall–Kier alpha value is -3.43. The Bertz CT molecular complexity index is 1190. The smallest absolute Gasteiger partial charge is 0.256 e. The highest BCUT2D eigenvalue weighted by Gasteiger charge is 2.33. The Labute approximate surface area is 197 Å². The van der Waals surface area contributed by atoms with Crippen LogP contribution in [0.5, 0.6) is 0 Å². The summed E-state index contributed by atoms with van der Waals surface area (Å²) in [6, 6.07) is 8.19. The number of pyridine rings is 1. The Morgan fingerprint density at radius 2 is 1.82 bits per heavy atom. The summed E-state index contributed by atoms with van der Waals surface area (Å²) in [5.74, 6) is -1.06. The lowest BCUT2D eigenvalue weighted by Crippen LogP contribution is -2.57. The van der Waals surface area contributed by atoms with Crippen LogP contribution in [-0.2, 0) is 11.3 Å². The molecular weight excluding hydrogens is 437 g/mol. The fraction of sp³-hybridized carbons (Fsp3) is 0.360. The van der Waals surface area contributed by atoms with E-state index in [0.29, 0.717) is 41.9 Å². The molecule has 1 amide bonds. The molecule has 0 saturated carbocycles. The number of aromatic nitrogens is 2. The fourth-order valence-corrected chi connectivity index (χ4v) is 4.30. The van der Waals surface area contributed by atoms with E-state index in [1.54, 1.807) is 25.1 Å². The molecule has 3 heterocycles. The Balaban J connectivity index is 0.00000158. The van der Waals surface area contributed by atoms with Crippen molar-refractivity contribution >= 4 is 29.0 Å². The molecule has 8 nitrogen and oxygen atoms in total. The van der Waals surface area contributed by atoms with Gasteiger partial charge in [-0.25, -0.2) is 9.37 Å². The number of ketones is 1. The molecule has 1 aromatic carbocycles. The van der Waals surface area contributed by atoms with Gasteiger partial charge in [0.2, 0.25) is 5.78 Å². The normalized spacial score (nSPS) is 18.4. The number of halogens is 1. The molecule has 1 unspecified atom stereocenters. The van der Waals surface area contributed by atoms with Crippen LogP contribution < -0.4 is 5.73 Å². The quantitative estimate of drug-likeness (QED) is 0.339. The van der Waals surface area contributed by atoms with Gasteiger partial charge >= 0.3 is 0 Å². The second-order valence-corrected chi connectivity index (χ2v) is 8.41.